The average Bonchev–Trinajstić information content (AvgIpc) is 3.18. The van der Waals surface area contributed by atoms with Gasteiger partial charge < -0.3 is 4.90 Å². The number of pyridine rings is 2. The van der Waals surface area contributed by atoms with Crippen LogP contribution in [0.15, 0.2) is 47.4 Å². The van der Waals surface area contributed by atoms with E-state index in [1.807, 2.05) is 37.4 Å². The van der Waals surface area contributed by atoms with Crippen LogP contribution >= 0.6 is 0 Å². The van der Waals surface area contributed by atoms with E-state index in [0.717, 1.165) is 43.9 Å². The number of hydrogen-bond donors (Lipinski definition) is 0. The summed E-state index contributed by atoms with van der Waals surface area (Å²) in [7, 11) is 1.74. The van der Waals surface area contributed by atoms with Crippen molar-refractivity contribution in [3.63, 3.8) is 0 Å². The molecule has 4 rings (SSSR count). The molecule has 3 aromatic heterocycles. The van der Waals surface area contributed by atoms with Crippen LogP contribution in [0.3, 0.4) is 0 Å². The van der Waals surface area contributed by atoms with Crippen LogP contribution in [-0.4, -0.2) is 56.1 Å². The van der Waals surface area contributed by atoms with Crippen LogP contribution in [0.4, 0.5) is 0 Å². The van der Waals surface area contributed by atoms with Crippen molar-refractivity contribution in [2.75, 3.05) is 20.1 Å². The summed E-state index contributed by atoms with van der Waals surface area (Å²) in [5.41, 5.74) is 4.04. The number of aryl methyl sites for hydroxylation is 1. The van der Waals surface area contributed by atoms with E-state index < -0.39 is 0 Å². The normalized spacial score (nSPS) is 17.1. The van der Waals surface area contributed by atoms with Crippen molar-refractivity contribution in [2.45, 2.75) is 38.8 Å². The lowest BCUT2D eigenvalue weighted by atomic mass is 9.94. The van der Waals surface area contributed by atoms with Gasteiger partial charge >= 0.3 is 0 Å². The maximum Gasteiger partial charge on any atom is 0.255 e. The molecule has 3 aromatic rings. The highest BCUT2D eigenvalue weighted by Crippen LogP contribution is 2.26. The molecule has 0 saturated carbocycles. The van der Waals surface area contributed by atoms with Crippen molar-refractivity contribution in [1.29, 1.82) is 0 Å². The van der Waals surface area contributed by atoms with E-state index in [2.05, 4.69) is 31.2 Å². The molecule has 1 atom stereocenters. The Morgan fingerprint density at radius 1 is 1.23 bits per heavy atom. The van der Waals surface area contributed by atoms with Gasteiger partial charge in [0.2, 0.25) is 0 Å². The molecule has 0 bridgehead atoms. The second-order valence-corrected chi connectivity index (χ2v) is 7.82. The maximum atomic E-state index is 12.7. The summed E-state index contributed by atoms with van der Waals surface area (Å²) in [6.45, 7) is 5.04. The lowest BCUT2D eigenvalue weighted by molar-refractivity contribution is 0.0781. The fraction of sp³-hybridized carbons (Fsp3) is 0.409. The van der Waals surface area contributed by atoms with Crippen molar-refractivity contribution in [3.8, 4) is 0 Å². The Hall–Kier alpha value is -3.13. The van der Waals surface area contributed by atoms with Gasteiger partial charge in [0.25, 0.3) is 5.91 Å². The van der Waals surface area contributed by atoms with Gasteiger partial charge in [0, 0.05) is 44.1 Å². The summed E-state index contributed by atoms with van der Waals surface area (Å²) >= 11 is 0. The van der Waals surface area contributed by atoms with Gasteiger partial charge in [-0.15, -0.1) is 0 Å². The zero-order valence-electron chi connectivity index (χ0n) is 17.4. The van der Waals surface area contributed by atoms with Gasteiger partial charge in [0.15, 0.2) is 0 Å². The summed E-state index contributed by atoms with van der Waals surface area (Å²) in [5, 5.41) is 7.59. The van der Waals surface area contributed by atoms with E-state index in [0.29, 0.717) is 29.4 Å². The molecular formula is C22H26N6O2. The van der Waals surface area contributed by atoms with Crippen molar-refractivity contribution in [2.24, 2.45) is 0 Å². The lowest BCUT2D eigenvalue weighted by Crippen LogP contribution is -2.34. The Kier molecular flexibility index (Phi) is 6.13. The van der Waals surface area contributed by atoms with Gasteiger partial charge in [0.1, 0.15) is 11.4 Å². The highest BCUT2D eigenvalue weighted by atomic mass is 16.6. The van der Waals surface area contributed by atoms with Crippen LogP contribution in [0.2, 0.25) is 0 Å². The second kappa shape index (κ2) is 9.13. The van der Waals surface area contributed by atoms with E-state index >= 15 is 0 Å². The molecule has 0 spiro atoms. The van der Waals surface area contributed by atoms with E-state index in [-0.39, 0.29) is 5.91 Å². The van der Waals surface area contributed by atoms with Crippen LogP contribution in [0.1, 0.15) is 51.9 Å². The van der Waals surface area contributed by atoms with Crippen molar-refractivity contribution < 1.29 is 9.42 Å². The number of carbonyl (C=O) groups is 1. The fourth-order valence-corrected chi connectivity index (χ4v) is 3.84. The predicted molar refractivity (Wildman–Crippen MR) is 111 cm³/mol. The van der Waals surface area contributed by atoms with Gasteiger partial charge in [-0.05, 0) is 50.6 Å². The maximum absolute atomic E-state index is 12.7. The minimum Gasteiger partial charge on any atom is -0.336 e. The largest absolute Gasteiger partial charge is 0.336 e. The fourth-order valence-electron chi connectivity index (χ4n) is 3.84. The number of piperidine rings is 1. The number of amides is 1. The van der Waals surface area contributed by atoms with E-state index in [1.54, 1.807) is 18.1 Å². The van der Waals surface area contributed by atoms with Crippen molar-refractivity contribution in [3.05, 3.63) is 71.1 Å². The summed E-state index contributed by atoms with van der Waals surface area (Å²) in [4.78, 5) is 25.8. The van der Waals surface area contributed by atoms with Gasteiger partial charge in [-0.25, -0.2) is 4.63 Å². The van der Waals surface area contributed by atoms with Crippen LogP contribution in [0.25, 0.3) is 0 Å². The summed E-state index contributed by atoms with van der Waals surface area (Å²) in [5.74, 6) is 0.269. The first-order valence-electron chi connectivity index (χ1n) is 10.2. The molecule has 0 radical (unpaired) electrons. The number of nitrogens with zero attached hydrogens (tertiary/aromatic N) is 6. The van der Waals surface area contributed by atoms with Crippen LogP contribution < -0.4 is 0 Å². The molecule has 0 N–H and O–H groups in total. The summed E-state index contributed by atoms with van der Waals surface area (Å²) in [6.07, 6.45) is 5.76. The average molecular weight is 406 g/mol. The molecule has 1 saturated heterocycles. The number of hydrogen-bond acceptors (Lipinski definition) is 7. The first kappa shape index (κ1) is 20.2. The van der Waals surface area contributed by atoms with Gasteiger partial charge in [-0.2, -0.15) is 0 Å². The molecule has 0 aromatic carbocycles. The van der Waals surface area contributed by atoms with Crippen LogP contribution in [-0.2, 0) is 13.1 Å². The van der Waals surface area contributed by atoms with Crippen LogP contribution in [0, 0.1) is 6.92 Å². The Bertz CT molecular complexity index is 973. The molecule has 30 heavy (non-hydrogen) atoms. The topological polar surface area (TPSA) is 88.3 Å². The summed E-state index contributed by atoms with van der Waals surface area (Å²) < 4.78 is 4.70. The predicted octanol–water partition coefficient (Wildman–Crippen LogP) is 2.82. The third kappa shape index (κ3) is 4.71. The standard InChI is InChI=1S/C22H26N6O2/c1-16-21(26-30-25-16)15-27(2)22(29)17-8-9-20(24-12-17)18-6-5-11-28(13-18)14-19-7-3-4-10-23-19/h3-4,7-10,12,18H,5-6,11,13-15H2,1-2H3/t18-/m1/s1. The Balaban J connectivity index is 1.37. The van der Waals surface area contributed by atoms with Crippen molar-refractivity contribution in [1.82, 2.24) is 30.1 Å². The third-order valence-corrected chi connectivity index (χ3v) is 5.55. The Morgan fingerprint density at radius 2 is 2.13 bits per heavy atom. The zero-order valence-corrected chi connectivity index (χ0v) is 17.4. The first-order chi connectivity index (χ1) is 14.6. The van der Waals surface area contributed by atoms with Crippen molar-refractivity contribution >= 4 is 5.91 Å². The minimum absolute atomic E-state index is 0.100. The van der Waals surface area contributed by atoms with E-state index in [4.69, 9.17) is 4.63 Å². The molecular weight excluding hydrogens is 380 g/mol. The zero-order chi connectivity index (χ0) is 20.9. The minimum atomic E-state index is -0.100. The van der Waals surface area contributed by atoms with E-state index in [9.17, 15) is 4.79 Å². The molecule has 8 nitrogen and oxygen atoms in total. The molecule has 0 unspecified atom stereocenters. The number of aromatic nitrogens is 4. The van der Waals surface area contributed by atoms with Crippen LogP contribution in [0.5, 0.6) is 0 Å². The molecule has 156 valence electrons. The molecule has 8 heteroatoms. The van der Waals surface area contributed by atoms with Gasteiger partial charge in [0.05, 0.1) is 17.8 Å². The molecule has 1 aliphatic heterocycles. The molecule has 0 aliphatic carbocycles. The number of rotatable bonds is 6. The quantitative estimate of drug-likeness (QED) is 0.622. The number of carbonyl (C=O) groups excluding carboxylic acids is 1. The SMILES string of the molecule is Cc1nonc1CN(C)C(=O)c1ccc([C@@H]2CCCN(Cc3ccccn3)C2)nc1. The van der Waals surface area contributed by atoms with Gasteiger partial charge in [-0.1, -0.05) is 16.4 Å². The highest BCUT2D eigenvalue weighted by molar-refractivity contribution is 5.93. The lowest BCUT2D eigenvalue weighted by Gasteiger charge is -2.32. The number of likely N-dealkylation sites (tertiary alicyclic amines) is 1. The third-order valence-electron chi connectivity index (χ3n) is 5.55. The van der Waals surface area contributed by atoms with Gasteiger partial charge in [-0.3, -0.25) is 19.7 Å². The smallest absolute Gasteiger partial charge is 0.255 e. The molecule has 1 amide bonds. The second-order valence-electron chi connectivity index (χ2n) is 7.82. The highest BCUT2D eigenvalue weighted by Gasteiger charge is 2.23. The summed E-state index contributed by atoms with van der Waals surface area (Å²) in [6, 6.07) is 9.88. The molecule has 4 heterocycles. The molecule has 1 fully saturated rings. The first-order valence-corrected chi connectivity index (χ1v) is 10.2. The van der Waals surface area contributed by atoms with E-state index in [1.165, 1.54) is 0 Å². The molecule has 1 aliphatic rings. The Labute approximate surface area is 175 Å². The Morgan fingerprint density at radius 3 is 2.83 bits per heavy atom. The monoisotopic (exact) mass is 406 g/mol.